The molecule has 6 heteroatoms. The van der Waals surface area contributed by atoms with Crippen molar-refractivity contribution in [1.29, 1.82) is 0 Å². The zero-order valence-electron chi connectivity index (χ0n) is 15.0. The van der Waals surface area contributed by atoms with Gasteiger partial charge in [0.1, 0.15) is 12.2 Å². The fraction of sp³-hybridized carbons (Fsp3) is 0.632. The van der Waals surface area contributed by atoms with Gasteiger partial charge in [0.15, 0.2) is 5.79 Å². The number of carbonyl (C=O) groups excluding carboxylic acids is 1. The molecule has 2 saturated heterocycles. The minimum atomic E-state index is -0.638. The second-order valence-electron chi connectivity index (χ2n) is 6.87. The van der Waals surface area contributed by atoms with Gasteiger partial charge in [-0.05, 0) is 31.6 Å². The fourth-order valence-electron chi connectivity index (χ4n) is 3.35. The molecular weight excluding hydrogens is 340 g/mol. The van der Waals surface area contributed by atoms with Gasteiger partial charge in [-0.1, -0.05) is 30.3 Å². The highest BCUT2D eigenvalue weighted by molar-refractivity contribution is 7.99. The zero-order valence-corrected chi connectivity index (χ0v) is 15.8. The third-order valence-corrected chi connectivity index (χ3v) is 5.56. The first-order valence-electron chi connectivity index (χ1n) is 8.68. The Hall–Kier alpha value is -1.08. The van der Waals surface area contributed by atoms with Crippen molar-refractivity contribution in [3.63, 3.8) is 0 Å². The van der Waals surface area contributed by atoms with E-state index in [4.69, 9.17) is 18.9 Å². The quantitative estimate of drug-likeness (QED) is 0.546. The Kier molecular flexibility index (Phi) is 6.04. The molecule has 138 valence electrons. The Morgan fingerprint density at radius 1 is 1.16 bits per heavy atom. The largest absolute Gasteiger partial charge is 0.469 e. The summed E-state index contributed by atoms with van der Waals surface area (Å²) in [5.74, 6) is 0.924. The minimum Gasteiger partial charge on any atom is -0.469 e. The van der Waals surface area contributed by atoms with Gasteiger partial charge in [-0.3, -0.25) is 4.79 Å². The highest BCUT2D eigenvalue weighted by Gasteiger charge is 2.55. The second-order valence-corrected chi connectivity index (χ2v) is 8.02. The summed E-state index contributed by atoms with van der Waals surface area (Å²) in [5.41, 5.74) is 1.34. The van der Waals surface area contributed by atoms with Crippen LogP contribution in [0.4, 0.5) is 0 Å². The van der Waals surface area contributed by atoms with Gasteiger partial charge >= 0.3 is 5.97 Å². The van der Waals surface area contributed by atoms with Gasteiger partial charge in [0, 0.05) is 5.75 Å². The number of carbonyl (C=O) groups is 1. The van der Waals surface area contributed by atoms with Gasteiger partial charge in [0.2, 0.25) is 0 Å². The monoisotopic (exact) mass is 366 g/mol. The molecule has 4 atom stereocenters. The molecule has 0 unspecified atom stereocenters. The topological polar surface area (TPSA) is 54.0 Å². The van der Waals surface area contributed by atoms with Crippen LogP contribution in [0.2, 0.25) is 0 Å². The third-order valence-electron chi connectivity index (χ3n) is 4.50. The van der Waals surface area contributed by atoms with Crippen molar-refractivity contribution in [2.75, 3.05) is 18.6 Å². The summed E-state index contributed by atoms with van der Waals surface area (Å²) in [7, 11) is 1.39. The number of thioether (sulfide) groups is 1. The molecule has 0 bridgehead atoms. The van der Waals surface area contributed by atoms with E-state index in [0.29, 0.717) is 0 Å². The summed E-state index contributed by atoms with van der Waals surface area (Å²) in [6.07, 6.45) is 0.507. The van der Waals surface area contributed by atoms with Crippen LogP contribution in [0.3, 0.4) is 0 Å². The van der Waals surface area contributed by atoms with E-state index in [2.05, 4.69) is 24.3 Å². The van der Waals surface area contributed by atoms with Gasteiger partial charge in [-0.15, -0.1) is 0 Å². The summed E-state index contributed by atoms with van der Waals surface area (Å²) < 4.78 is 22.9. The zero-order chi connectivity index (χ0) is 17.9. The van der Waals surface area contributed by atoms with Crippen molar-refractivity contribution < 1.29 is 23.7 Å². The predicted octanol–water partition coefficient (Wildman–Crippen LogP) is 2.81. The molecule has 0 saturated carbocycles. The summed E-state index contributed by atoms with van der Waals surface area (Å²) >= 11 is 1.84. The first kappa shape index (κ1) is 18.7. The summed E-state index contributed by atoms with van der Waals surface area (Å²) in [5, 5.41) is 0. The van der Waals surface area contributed by atoms with E-state index in [1.54, 1.807) is 0 Å². The number of esters is 1. The molecule has 1 aromatic rings. The van der Waals surface area contributed by atoms with Crippen molar-refractivity contribution >= 4 is 17.7 Å². The average molecular weight is 366 g/mol. The summed E-state index contributed by atoms with van der Waals surface area (Å²) in [6, 6.07) is 10.4. The highest BCUT2D eigenvalue weighted by Crippen LogP contribution is 2.40. The maximum atomic E-state index is 11.6. The first-order chi connectivity index (χ1) is 12.0. The van der Waals surface area contributed by atoms with Crippen LogP contribution >= 0.6 is 11.8 Å². The van der Waals surface area contributed by atoms with Crippen LogP contribution in [0, 0.1) is 0 Å². The number of benzene rings is 1. The Morgan fingerprint density at radius 2 is 1.84 bits per heavy atom. The van der Waals surface area contributed by atoms with Crippen molar-refractivity contribution in [2.45, 2.75) is 56.9 Å². The molecule has 3 rings (SSSR count). The Bertz CT molecular complexity index is 576. The number of hydrogen-bond donors (Lipinski definition) is 0. The average Bonchev–Trinajstić information content (AvgIpc) is 3.07. The molecule has 0 radical (unpaired) electrons. The molecule has 0 spiro atoms. The van der Waals surface area contributed by atoms with Gasteiger partial charge in [0.05, 0.1) is 25.7 Å². The predicted molar refractivity (Wildman–Crippen MR) is 96.6 cm³/mol. The van der Waals surface area contributed by atoms with E-state index >= 15 is 0 Å². The molecule has 2 heterocycles. The van der Waals surface area contributed by atoms with E-state index < -0.39 is 5.79 Å². The lowest BCUT2D eigenvalue weighted by Crippen LogP contribution is -2.31. The number of fused-ring (bicyclic) bond motifs is 1. The lowest BCUT2D eigenvalue weighted by atomic mass is 10.1. The van der Waals surface area contributed by atoms with E-state index in [0.717, 1.165) is 17.9 Å². The van der Waals surface area contributed by atoms with Crippen molar-refractivity contribution in [1.82, 2.24) is 0 Å². The minimum absolute atomic E-state index is 0.0674. The SMILES string of the molecule is COC(=O)C[C@@H]1O[C@H](CSCCc2ccccc2)[C@H]2OC(C)(C)O[C@H]21. The van der Waals surface area contributed by atoms with Crippen LogP contribution in [-0.2, 0) is 30.2 Å². The maximum absolute atomic E-state index is 11.6. The van der Waals surface area contributed by atoms with Crippen LogP contribution in [0.5, 0.6) is 0 Å². The normalized spacial score (nSPS) is 30.2. The first-order valence-corrected chi connectivity index (χ1v) is 9.83. The summed E-state index contributed by atoms with van der Waals surface area (Å²) in [4.78, 5) is 11.6. The molecule has 2 aliphatic heterocycles. The maximum Gasteiger partial charge on any atom is 0.308 e. The number of rotatable bonds is 7. The van der Waals surface area contributed by atoms with E-state index in [9.17, 15) is 4.79 Å². The second kappa shape index (κ2) is 8.08. The van der Waals surface area contributed by atoms with Crippen LogP contribution in [0.25, 0.3) is 0 Å². The van der Waals surface area contributed by atoms with Gasteiger partial charge in [-0.2, -0.15) is 11.8 Å². The molecule has 2 fully saturated rings. The molecule has 2 aliphatic rings. The van der Waals surface area contributed by atoms with Gasteiger partial charge in [0.25, 0.3) is 0 Å². The van der Waals surface area contributed by atoms with Crippen molar-refractivity contribution in [2.24, 2.45) is 0 Å². The van der Waals surface area contributed by atoms with E-state index in [1.165, 1.54) is 12.7 Å². The fourth-order valence-corrected chi connectivity index (χ4v) is 4.40. The summed E-state index contributed by atoms with van der Waals surface area (Å²) in [6.45, 7) is 3.81. The Morgan fingerprint density at radius 3 is 2.52 bits per heavy atom. The Balaban J connectivity index is 1.52. The van der Waals surface area contributed by atoms with Gasteiger partial charge in [-0.25, -0.2) is 0 Å². The number of methoxy groups -OCH3 is 1. The number of aryl methyl sites for hydroxylation is 1. The number of hydrogen-bond acceptors (Lipinski definition) is 6. The van der Waals surface area contributed by atoms with Crippen LogP contribution in [-0.4, -0.2) is 54.8 Å². The number of ether oxygens (including phenoxy) is 4. The molecule has 25 heavy (non-hydrogen) atoms. The van der Waals surface area contributed by atoms with Crippen molar-refractivity contribution in [3.8, 4) is 0 Å². The van der Waals surface area contributed by atoms with Crippen LogP contribution in [0.15, 0.2) is 30.3 Å². The molecule has 0 N–H and O–H groups in total. The molecular formula is C19H26O5S. The Labute approximate surface area is 153 Å². The lowest BCUT2D eigenvalue weighted by Gasteiger charge is -2.23. The third kappa shape index (κ3) is 4.76. The van der Waals surface area contributed by atoms with Crippen molar-refractivity contribution in [3.05, 3.63) is 35.9 Å². The highest BCUT2D eigenvalue weighted by atomic mass is 32.2. The van der Waals surface area contributed by atoms with Crippen LogP contribution < -0.4 is 0 Å². The van der Waals surface area contributed by atoms with Crippen LogP contribution in [0.1, 0.15) is 25.8 Å². The molecule has 1 aromatic carbocycles. The van der Waals surface area contributed by atoms with Gasteiger partial charge < -0.3 is 18.9 Å². The molecule has 0 aromatic heterocycles. The lowest BCUT2D eigenvalue weighted by molar-refractivity contribution is -0.187. The molecule has 5 nitrogen and oxygen atoms in total. The molecule has 0 aliphatic carbocycles. The van der Waals surface area contributed by atoms with E-state index in [-0.39, 0.29) is 36.8 Å². The van der Waals surface area contributed by atoms with E-state index in [1.807, 2.05) is 31.7 Å². The standard InChI is InChI=1S/C19H26O5S/c1-19(2)23-17-14(11-16(20)21-3)22-15(18(17)24-19)12-25-10-9-13-7-5-4-6-8-13/h4-8,14-15,17-18H,9-12H2,1-3H3/t14-,15+,17-,18+/m0/s1. The smallest absolute Gasteiger partial charge is 0.308 e. The molecule has 0 amide bonds.